The third-order valence-corrected chi connectivity index (χ3v) is 5.98. The number of hydrogen-bond donors (Lipinski definition) is 0. The number of carbonyl (C=O) groups is 2. The van der Waals surface area contributed by atoms with E-state index in [1.807, 2.05) is 31.2 Å². The second-order valence-electron chi connectivity index (χ2n) is 7.94. The second-order valence-corrected chi connectivity index (χ2v) is 7.94. The number of ether oxygens (including phenoxy) is 2. The van der Waals surface area contributed by atoms with Gasteiger partial charge in [-0.3, -0.25) is 19.4 Å². The molecule has 4 rings (SSSR count). The Labute approximate surface area is 178 Å². The summed E-state index contributed by atoms with van der Waals surface area (Å²) in [6.07, 6.45) is 2.89. The van der Waals surface area contributed by atoms with E-state index >= 15 is 0 Å². The molecular formula is C23H31N3O4. The van der Waals surface area contributed by atoms with Crippen LogP contribution in [-0.4, -0.2) is 85.6 Å². The summed E-state index contributed by atoms with van der Waals surface area (Å²) < 4.78 is 10.9. The maximum atomic E-state index is 13.3. The lowest BCUT2D eigenvalue weighted by Gasteiger charge is -2.27. The van der Waals surface area contributed by atoms with Crippen LogP contribution in [0.4, 0.5) is 0 Å². The van der Waals surface area contributed by atoms with Crippen LogP contribution >= 0.6 is 0 Å². The summed E-state index contributed by atoms with van der Waals surface area (Å²) in [5.41, 5.74) is 1.90. The van der Waals surface area contributed by atoms with E-state index in [9.17, 15) is 9.59 Å². The highest BCUT2D eigenvalue weighted by Gasteiger charge is 2.41. The fourth-order valence-electron chi connectivity index (χ4n) is 4.42. The smallest absolute Gasteiger partial charge is 0.277 e. The number of rotatable bonds is 8. The van der Waals surface area contributed by atoms with Crippen LogP contribution in [0, 0.1) is 0 Å². The van der Waals surface area contributed by atoms with Gasteiger partial charge in [-0.2, -0.15) is 0 Å². The predicted molar refractivity (Wildman–Crippen MR) is 114 cm³/mol. The lowest BCUT2D eigenvalue weighted by Crippen LogP contribution is -2.40. The summed E-state index contributed by atoms with van der Waals surface area (Å²) >= 11 is 0. The minimum atomic E-state index is -0.173. The van der Waals surface area contributed by atoms with Gasteiger partial charge in [-0.1, -0.05) is 12.1 Å². The number of imide groups is 1. The number of hydrogen-bond acceptors (Lipinski definition) is 6. The van der Waals surface area contributed by atoms with Crippen molar-refractivity contribution in [3.8, 4) is 5.75 Å². The quantitative estimate of drug-likeness (QED) is 0.608. The minimum absolute atomic E-state index is 0.146. The Morgan fingerprint density at radius 1 is 0.933 bits per heavy atom. The molecule has 0 N–H and O–H groups in total. The summed E-state index contributed by atoms with van der Waals surface area (Å²) in [7, 11) is 0. The zero-order valence-electron chi connectivity index (χ0n) is 17.8. The van der Waals surface area contributed by atoms with Gasteiger partial charge in [0.2, 0.25) is 0 Å². The Morgan fingerprint density at radius 3 is 2.30 bits per heavy atom. The van der Waals surface area contributed by atoms with Gasteiger partial charge < -0.3 is 14.4 Å². The van der Waals surface area contributed by atoms with Crippen molar-refractivity contribution in [1.82, 2.24) is 14.7 Å². The van der Waals surface area contributed by atoms with Crippen molar-refractivity contribution in [3.63, 3.8) is 0 Å². The molecule has 1 aromatic rings. The van der Waals surface area contributed by atoms with E-state index < -0.39 is 0 Å². The van der Waals surface area contributed by atoms with Crippen LogP contribution in [0.2, 0.25) is 0 Å². The van der Waals surface area contributed by atoms with E-state index in [1.165, 1.54) is 4.90 Å². The third-order valence-electron chi connectivity index (χ3n) is 5.98. The molecule has 162 valence electrons. The molecule has 2 amide bonds. The molecule has 7 heteroatoms. The standard InChI is InChI=1S/C23H31N3O4/c1-2-30-19-8-6-18(7-9-19)20-21(25-11-3-4-12-25)23(28)26(22(20)27)13-5-10-24-14-16-29-17-15-24/h6-9H,2-5,10-17H2,1H3. The van der Waals surface area contributed by atoms with E-state index in [0.717, 1.165) is 76.5 Å². The Hall–Kier alpha value is -2.38. The summed E-state index contributed by atoms with van der Waals surface area (Å²) in [4.78, 5) is 32.5. The number of morpholine rings is 1. The molecule has 3 aliphatic rings. The highest BCUT2D eigenvalue weighted by atomic mass is 16.5. The minimum Gasteiger partial charge on any atom is -0.494 e. The Bertz CT molecular complexity index is 793. The summed E-state index contributed by atoms with van der Waals surface area (Å²) in [6.45, 7) is 8.85. The molecule has 0 atom stereocenters. The molecule has 0 aromatic heterocycles. The third kappa shape index (κ3) is 4.37. The van der Waals surface area contributed by atoms with E-state index in [2.05, 4.69) is 9.80 Å². The van der Waals surface area contributed by atoms with Gasteiger partial charge in [0.1, 0.15) is 11.4 Å². The molecule has 3 aliphatic heterocycles. The Morgan fingerprint density at radius 2 is 1.63 bits per heavy atom. The molecule has 0 aliphatic carbocycles. The SMILES string of the molecule is CCOc1ccc(C2=C(N3CCCC3)C(=O)N(CCCN3CCOCC3)C2=O)cc1. The zero-order chi connectivity index (χ0) is 20.9. The summed E-state index contributed by atoms with van der Waals surface area (Å²) in [5.74, 6) is 0.449. The number of nitrogens with zero attached hydrogens (tertiary/aromatic N) is 3. The van der Waals surface area contributed by atoms with Gasteiger partial charge in [0, 0.05) is 39.3 Å². The Balaban J connectivity index is 1.51. The number of benzene rings is 1. The van der Waals surface area contributed by atoms with E-state index in [-0.39, 0.29) is 11.8 Å². The van der Waals surface area contributed by atoms with Gasteiger partial charge in [0.15, 0.2) is 0 Å². The molecule has 0 bridgehead atoms. The first-order chi connectivity index (χ1) is 14.7. The highest BCUT2D eigenvalue weighted by Crippen LogP contribution is 2.34. The van der Waals surface area contributed by atoms with Crippen molar-refractivity contribution in [2.75, 3.05) is 59.1 Å². The molecule has 2 saturated heterocycles. The lowest BCUT2D eigenvalue weighted by atomic mass is 10.0. The van der Waals surface area contributed by atoms with Crippen molar-refractivity contribution in [1.29, 1.82) is 0 Å². The first-order valence-corrected chi connectivity index (χ1v) is 11.1. The molecule has 0 spiro atoms. The number of carbonyl (C=O) groups excluding carboxylic acids is 2. The van der Waals surface area contributed by atoms with E-state index in [0.29, 0.717) is 24.4 Å². The molecule has 0 radical (unpaired) electrons. The number of likely N-dealkylation sites (tertiary alicyclic amines) is 1. The van der Waals surface area contributed by atoms with Gasteiger partial charge in [-0.15, -0.1) is 0 Å². The van der Waals surface area contributed by atoms with Crippen LogP contribution in [0.3, 0.4) is 0 Å². The van der Waals surface area contributed by atoms with Gasteiger partial charge in [0.25, 0.3) is 11.8 Å². The summed E-state index contributed by atoms with van der Waals surface area (Å²) in [6, 6.07) is 7.51. The molecule has 30 heavy (non-hydrogen) atoms. The fourth-order valence-corrected chi connectivity index (χ4v) is 4.42. The number of amides is 2. The molecule has 1 aromatic carbocycles. The second kappa shape index (κ2) is 9.62. The van der Waals surface area contributed by atoms with Crippen molar-refractivity contribution in [2.24, 2.45) is 0 Å². The van der Waals surface area contributed by atoms with Crippen LogP contribution in [0.1, 0.15) is 31.7 Å². The maximum Gasteiger partial charge on any atom is 0.277 e. The van der Waals surface area contributed by atoms with Gasteiger partial charge >= 0.3 is 0 Å². The predicted octanol–water partition coefficient (Wildman–Crippen LogP) is 1.98. The molecule has 0 unspecified atom stereocenters. The van der Waals surface area contributed by atoms with Gasteiger partial charge in [-0.25, -0.2) is 0 Å². The van der Waals surface area contributed by atoms with Gasteiger partial charge in [-0.05, 0) is 43.9 Å². The molecule has 3 heterocycles. The molecule has 7 nitrogen and oxygen atoms in total. The van der Waals surface area contributed by atoms with Crippen LogP contribution < -0.4 is 4.74 Å². The van der Waals surface area contributed by atoms with E-state index in [1.54, 1.807) is 0 Å². The largest absolute Gasteiger partial charge is 0.494 e. The van der Waals surface area contributed by atoms with Crippen molar-refractivity contribution in [3.05, 3.63) is 35.5 Å². The average Bonchev–Trinajstić information content (AvgIpc) is 3.37. The first-order valence-electron chi connectivity index (χ1n) is 11.1. The van der Waals surface area contributed by atoms with Crippen LogP contribution in [0.5, 0.6) is 5.75 Å². The topological polar surface area (TPSA) is 62.3 Å². The molecule has 2 fully saturated rings. The zero-order valence-corrected chi connectivity index (χ0v) is 17.8. The van der Waals surface area contributed by atoms with Crippen molar-refractivity contribution >= 4 is 17.4 Å². The van der Waals surface area contributed by atoms with Gasteiger partial charge in [0.05, 0.1) is 25.4 Å². The summed E-state index contributed by atoms with van der Waals surface area (Å²) in [5, 5.41) is 0. The van der Waals surface area contributed by atoms with Crippen LogP contribution in [0.25, 0.3) is 5.57 Å². The highest BCUT2D eigenvalue weighted by molar-refractivity contribution is 6.35. The monoisotopic (exact) mass is 413 g/mol. The van der Waals surface area contributed by atoms with Crippen molar-refractivity contribution < 1.29 is 19.1 Å². The normalized spacial score (nSPS) is 20.6. The van der Waals surface area contributed by atoms with Crippen molar-refractivity contribution in [2.45, 2.75) is 26.2 Å². The van der Waals surface area contributed by atoms with Crippen LogP contribution in [0.15, 0.2) is 30.0 Å². The van der Waals surface area contributed by atoms with Crippen LogP contribution in [-0.2, 0) is 14.3 Å². The fraction of sp³-hybridized carbons (Fsp3) is 0.565. The lowest BCUT2D eigenvalue weighted by molar-refractivity contribution is -0.137. The average molecular weight is 414 g/mol. The Kier molecular flexibility index (Phi) is 6.69. The van der Waals surface area contributed by atoms with E-state index in [4.69, 9.17) is 9.47 Å². The molecule has 0 saturated carbocycles. The molecular weight excluding hydrogens is 382 g/mol. The first kappa shape index (κ1) is 20.9. The maximum absolute atomic E-state index is 13.3.